The number of hydrogen-bond acceptors (Lipinski definition) is 3. The van der Waals surface area contributed by atoms with Gasteiger partial charge in [0.1, 0.15) is 18.1 Å². The second-order valence-corrected chi connectivity index (χ2v) is 6.52. The van der Waals surface area contributed by atoms with E-state index in [0.717, 1.165) is 22.6 Å². The monoisotopic (exact) mass is 341 g/mol. The molecule has 0 heterocycles. The zero-order chi connectivity index (χ0) is 18.4. The Bertz CT molecular complexity index is 727. The third-order valence-electron chi connectivity index (χ3n) is 3.97. The minimum atomic E-state index is -0.567. The van der Waals surface area contributed by atoms with Gasteiger partial charge in [0.15, 0.2) is 6.10 Å². The van der Waals surface area contributed by atoms with Crippen LogP contribution in [0.5, 0.6) is 11.5 Å². The summed E-state index contributed by atoms with van der Waals surface area (Å²) in [5, 5.41) is 2.93. The molecule has 0 aliphatic rings. The van der Waals surface area contributed by atoms with Gasteiger partial charge >= 0.3 is 0 Å². The molecule has 0 aliphatic carbocycles. The minimum absolute atomic E-state index is 0.114. The second-order valence-electron chi connectivity index (χ2n) is 6.52. The Hall–Kier alpha value is -2.49. The summed E-state index contributed by atoms with van der Waals surface area (Å²) in [7, 11) is 0. The molecule has 0 aliphatic heterocycles. The molecule has 0 fully saturated rings. The molecule has 2 atom stereocenters. The quantitative estimate of drug-likeness (QED) is 0.829. The molecule has 1 N–H and O–H groups in total. The van der Waals surface area contributed by atoms with Crippen LogP contribution in [0.2, 0.25) is 0 Å². The van der Waals surface area contributed by atoms with Gasteiger partial charge in [0.2, 0.25) is 0 Å². The molecule has 0 saturated heterocycles. The lowest BCUT2D eigenvalue weighted by atomic mass is 10.1. The van der Waals surface area contributed by atoms with E-state index in [1.165, 1.54) is 5.56 Å². The molecule has 0 aromatic heterocycles. The van der Waals surface area contributed by atoms with Crippen molar-refractivity contribution < 1.29 is 14.3 Å². The fourth-order valence-corrected chi connectivity index (χ4v) is 2.51. The molecule has 0 bridgehead atoms. The number of amides is 1. The van der Waals surface area contributed by atoms with Gasteiger partial charge in [-0.1, -0.05) is 35.9 Å². The number of benzene rings is 2. The van der Waals surface area contributed by atoms with Crippen molar-refractivity contribution in [1.29, 1.82) is 0 Å². The van der Waals surface area contributed by atoms with Crippen LogP contribution in [0, 0.1) is 20.8 Å². The van der Waals surface area contributed by atoms with E-state index in [2.05, 4.69) is 5.32 Å². The zero-order valence-corrected chi connectivity index (χ0v) is 15.6. The van der Waals surface area contributed by atoms with Gasteiger partial charge in [0, 0.05) is 0 Å². The number of hydrogen-bond donors (Lipinski definition) is 1. The lowest BCUT2D eigenvalue weighted by Crippen LogP contribution is -2.43. The van der Waals surface area contributed by atoms with Crippen LogP contribution in [-0.2, 0) is 4.79 Å². The Kier molecular flexibility index (Phi) is 6.45. The second kappa shape index (κ2) is 8.56. The Balaban J connectivity index is 1.84. The first-order valence-corrected chi connectivity index (χ1v) is 8.59. The third-order valence-corrected chi connectivity index (χ3v) is 3.97. The van der Waals surface area contributed by atoms with E-state index in [9.17, 15) is 4.79 Å². The largest absolute Gasteiger partial charge is 0.491 e. The fourth-order valence-electron chi connectivity index (χ4n) is 2.51. The van der Waals surface area contributed by atoms with E-state index < -0.39 is 6.10 Å². The Morgan fingerprint density at radius 2 is 1.72 bits per heavy atom. The van der Waals surface area contributed by atoms with Crippen molar-refractivity contribution in [1.82, 2.24) is 5.32 Å². The highest BCUT2D eigenvalue weighted by Gasteiger charge is 2.18. The summed E-state index contributed by atoms with van der Waals surface area (Å²) >= 11 is 0. The van der Waals surface area contributed by atoms with Crippen LogP contribution < -0.4 is 14.8 Å². The van der Waals surface area contributed by atoms with Gasteiger partial charge < -0.3 is 14.8 Å². The summed E-state index contributed by atoms with van der Waals surface area (Å²) < 4.78 is 11.6. The number of nitrogens with one attached hydrogen (secondary N) is 1. The van der Waals surface area contributed by atoms with Gasteiger partial charge in [-0.25, -0.2) is 0 Å². The molecule has 0 unspecified atom stereocenters. The molecule has 0 spiro atoms. The van der Waals surface area contributed by atoms with E-state index in [4.69, 9.17) is 9.47 Å². The Morgan fingerprint density at radius 3 is 2.40 bits per heavy atom. The van der Waals surface area contributed by atoms with Crippen molar-refractivity contribution in [3.63, 3.8) is 0 Å². The van der Waals surface area contributed by atoms with E-state index in [1.54, 1.807) is 6.92 Å². The lowest BCUT2D eigenvalue weighted by molar-refractivity contribution is -0.128. The number of aryl methyl sites for hydroxylation is 3. The van der Waals surface area contributed by atoms with Crippen LogP contribution in [0.4, 0.5) is 0 Å². The maximum Gasteiger partial charge on any atom is 0.261 e. The van der Waals surface area contributed by atoms with Gasteiger partial charge in [0.05, 0.1) is 6.04 Å². The van der Waals surface area contributed by atoms with Crippen molar-refractivity contribution in [2.75, 3.05) is 6.61 Å². The number of rotatable bonds is 7. The average Bonchev–Trinajstić information content (AvgIpc) is 2.56. The highest BCUT2D eigenvalue weighted by Crippen LogP contribution is 2.20. The molecule has 2 rings (SSSR count). The predicted octanol–water partition coefficient (Wildman–Crippen LogP) is 3.96. The third kappa shape index (κ3) is 5.52. The van der Waals surface area contributed by atoms with Crippen molar-refractivity contribution in [2.24, 2.45) is 0 Å². The fraction of sp³-hybridized carbons (Fsp3) is 0.381. The van der Waals surface area contributed by atoms with Crippen LogP contribution in [0.3, 0.4) is 0 Å². The maximum absolute atomic E-state index is 12.3. The lowest BCUT2D eigenvalue weighted by Gasteiger charge is -2.20. The van der Waals surface area contributed by atoms with Crippen LogP contribution in [0.15, 0.2) is 42.5 Å². The summed E-state index contributed by atoms with van der Waals surface area (Å²) in [5.74, 6) is 1.42. The first kappa shape index (κ1) is 18.8. The molecular weight excluding hydrogens is 314 g/mol. The first-order valence-electron chi connectivity index (χ1n) is 8.59. The van der Waals surface area contributed by atoms with Crippen molar-refractivity contribution >= 4 is 5.91 Å². The van der Waals surface area contributed by atoms with Crippen LogP contribution in [0.1, 0.15) is 30.5 Å². The molecule has 0 saturated carbocycles. The van der Waals surface area contributed by atoms with E-state index in [0.29, 0.717) is 6.61 Å². The molecule has 1 amide bonds. The van der Waals surface area contributed by atoms with Gasteiger partial charge in [-0.3, -0.25) is 4.79 Å². The minimum Gasteiger partial charge on any atom is -0.491 e. The normalized spacial score (nSPS) is 13.0. The predicted molar refractivity (Wildman–Crippen MR) is 100 cm³/mol. The van der Waals surface area contributed by atoms with Gasteiger partial charge in [-0.05, 0) is 57.9 Å². The molecular formula is C21H27NO3. The Morgan fingerprint density at radius 1 is 1.00 bits per heavy atom. The zero-order valence-electron chi connectivity index (χ0n) is 15.6. The highest BCUT2D eigenvalue weighted by atomic mass is 16.5. The summed E-state index contributed by atoms with van der Waals surface area (Å²) in [5.41, 5.74) is 3.27. The van der Waals surface area contributed by atoms with Crippen molar-refractivity contribution in [2.45, 2.75) is 46.8 Å². The molecule has 0 radical (unpaired) electrons. The number of para-hydroxylation sites is 1. The summed E-state index contributed by atoms with van der Waals surface area (Å²) in [6.45, 7) is 10.1. The number of carbonyl (C=O) groups is 1. The maximum atomic E-state index is 12.3. The summed E-state index contributed by atoms with van der Waals surface area (Å²) in [4.78, 5) is 12.3. The van der Waals surface area contributed by atoms with E-state index in [1.807, 2.05) is 70.2 Å². The van der Waals surface area contributed by atoms with Crippen molar-refractivity contribution in [3.05, 3.63) is 59.2 Å². The average molecular weight is 341 g/mol. The van der Waals surface area contributed by atoms with Crippen LogP contribution >= 0.6 is 0 Å². The van der Waals surface area contributed by atoms with E-state index in [-0.39, 0.29) is 11.9 Å². The smallest absolute Gasteiger partial charge is 0.261 e. The van der Waals surface area contributed by atoms with E-state index >= 15 is 0 Å². The molecule has 25 heavy (non-hydrogen) atoms. The molecule has 4 nitrogen and oxygen atoms in total. The molecule has 134 valence electrons. The molecule has 2 aromatic rings. The van der Waals surface area contributed by atoms with Crippen LogP contribution in [0.25, 0.3) is 0 Å². The summed E-state index contributed by atoms with van der Waals surface area (Å²) in [6, 6.07) is 13.6. The Labute approximate surface area is 150 Å². The summed E-state index contributed by atoms with van der Waals surface area (Å²) in [6.07, 6.45) is -0.567. The molecule has 4 heteroatoms. The molecule has 2 aromatic carbocycles. The standard InChI is InChI=1S/C21H27NO3/c1-14-10-11-20(16(3)12-14)25-18(5)21(23)22-17(4)13-24-19-9-7-6-8-15(19)2/h6-12,17-18H,13H2,1-5H3,(H,22,23)/t17-,18+/m0/s1. The number of ether oxygens (including phenoxy) is 2. The number of carbonyl (C=O) groups excluding carboxylic acids is 1. The van der Waals surface area contributed by atoms with Crippen molar-refractivity contribution in [3.8, 4) is 11.5 Å². The van der Waals surface area contributed by atoms with Gasteiger partial charge in [-0.2, -0.15) is 0 Å². The SMILES string of the molecule is Cc1ccc(O[C@H](C)C(=O)N[C@@H](C)COc2ccccc2C)c(C)c1. The van der Waals surface area contributed by atoms with Gasteiger partial charge in [0.25, 0.3) is 5.91 Å². The highest BCUT2D eigenvalue weighted by molar-refractivity contribution is 5.81. The van der Waals surface area contributed by atoms with Crippen LogP contribution in [-0.4, -0.2) is 24.7 Å². The topological polar surface area (TPSA) is 47.6 Å². The van der Waals surface area contributed by atoms with Gasteiger partial charge in [-0.15, -0.1) is 0 Å². The first-order chi connectivity index (χ1) is 11.9.